The molecule has 0 aromatic rings. The summed E-state index contributed by atoms with van der Waals surface area (Å²) in [5.74, 6) is -2.00. The summed E-state index contributed by atoms with van der Waals surface area (Å²) >= 11 is 0. The fraction of sp³-hybridized carbons (Fsp3) is 0.500. The average molecular weight is 292 g/mol. The molecule has 20 heavy (non-hydrogen) atoms. The summed E-state index contributed by atoms with van der Waals surface area (Å²) in [7, 11) is 0. The van der Waals surface area contributed by atoms with Crippen molar-refractivity contribution in [2.24, 2.45) is 11.5 Å². The highest BCUT2D eigenvalue weighted by Crippen LogP contribution is 1.80. The molecule has 8 N–H and O–H groups in total. The highest BCUT2D eigenvalue weighted by atomic mass is 16.4. The number of carboxylic acid groups (broad SMARTS) is 2. The first kappa shape index (κ1) is 23.1. The topological polar surface area (TPSA) is 167 Å². The van der Waals surface area contributed by atoms with E-state index in [1.165, 1.54) is 13.8 Å². The lowest BCUT2D eigenvalue weighted by atomic mass is 10.3. The largest absolute Gasteiger partial charge is 0.478 e. The fourth-order valence-electron chi connectivity index (χ4n) is 0.613. The van der Waals surface area contributed by atoms with E-state index in [2.05, 4.69) is 0 Å². The quantitative estimate of drug-likeness (QED) is 0.294. The zero-order valence-corrected chi connectivity index (χ0v) is 11.7. The molecule has 118 valence electrons. The van der Waals surface area contributed by atoms with E-state index in [4.69, 9.17) is 31.9 Å². The highest BCUT2D eigenvalue weighted by Gasteiger charge is 1.85. The predicted octanol–water partition coefficient (Wildman–Crippen LogP) is -0.382. The molecule has 0 aliphatic rings. The summed E-state index contributed by atoms with van der Waals surface area (Å²) in [6, 6.07) is 0. The number of rotatable bonds is 5. The zero-order valence-electron chi connectivity index (χ0n) is 11.7. The van der Waals surface area contributed by atoms with Crippen LogP contribution < -0.4 is 11.5 Å². The second-order valence-corrected chi connectivity index (χ2v) is 3.61. The molecule has 0 atom stereocenters. The maximum atomic E-state index is 9.65. The van der Waals surface area contributed by atoms with Gasteiger partial charge in [-0.1, -0.05) is 0 Å². The van der Waals surface area contributed by atoms with Crippen LogP contribution in [-0.2, 0) is 9.59 Å². The van der Waals surface area contributed by atoms with E-state index in [0.717, 1.165) is 25.0 Å². The van der Waals surface area contributed by atoms with Crippen LogP contribution in [-0.4, -0.2) is 45.6 Å². The molecule has 0 spiro atoms. The number of unbranched alkanes of at least 4 members (excludes halogenated alkanes) is 1. The van der Waals surface area contributed by atoms with Crippen molar-refractivity contribution in [3.8, 4) is 0 Å². The number of carboxylic acids is 2. The molecule has 0 fully saturated rings. The highest BCUT2D eigenvalue weighted by molar-refractivity contribution is 5.80. The van der Waals surface area contributed by atoms with Gasteiger partial charge in [-0.2, -0.15) is 0 Å². The molecule has 0 bridgehead atoms. The van der Waals surface area contributed by atoms with E-state index in [0.29, 0.717) is 11.4 Å². The molecule has 0 heterocycles. The third kappa shape index (κ3) is 44.5. The van der Waals surface area contributed by atoms with Crippen molar-refractivity contribution in [1.29, 1.82) is 0 Å². The van der Waals surface area contributed by atoms with Gasteiger partial charge < -0.3 is 31.9 Å². The van der Waals surface area contributed by atoms with Gasteiger partial charge in [-0.15, -0.1) is 0 Å². The summed E-state index contributed by atoms with van der Waals surface area (Å²) in [6.45, 7) is 3.43. The van der Waals surface area contributed by atoms with Crippen molar-refractivity contribution in [2.75, 3.05) is 13.2 Å². The second kappa shape index (κ2) is 16.9. The summed E-state index contributed by atoms with van der Waals surface area (Å²) in [4.78, 5) is 19.3. The summed E-state index contributed by atoms with van der Waals surface area (Å²) < 4.78 is 0. The molecule has 0 aromatic carbocycles. The van der Waals surface area contributed by atoms with Crippen LogP contribution in [0.15, 0.2) is 23.5 Å². The standard InChI is InChI=1S/2C4H7NO2.C4H10O2/c2*1-3(5)2-4(6)7;5-3-1-2-4-6/h2*2H,5H2,1H3,(H,6,7);5-6H,1-4H2/b2*3-2-;. The molecule has 8 nitrogen and oxygen atoms in total. The van der Waals surface area contributed by atoms with Crippen LogP contribution >= 0.6 is 0 Å². The SMILES string of the molecule is C/C(N)=C/C(=O)O.C/C(N)=C/C(=O)O.OCCCCO. The van der Waals surface area contributed by atoms with Gasteiger partial charge in [0, 0.05) is 36.8 Å². The molecule has 0 amide bonds. The van der Waals surface area contributed by atoms with Gasteiger partial charge in [0.05, 0.1) is 0 Å². The Bertz CT molecular complexity index is 286. The van der Waals surface area contributed by atoms with Gasteiger partial charge in [0.1, 0.15) is 0 Å². The second-order valence-electron chi connectivity index (χ2n) is 3.61. The number of hydrogen-bond acceptors (Lipinski definition) is 6. The van der Waals surface area contributed by atoms with Crippen molar-refractivity contribution in [3.05, 3.63) is 23.5 Å². The number of aliphatic hydroxyl groups excluding tert-OH is 2. The van der Waals surface area contributed by atoms with E-state index in [9.17, 15) is 9.59 Å². The van der Waals surface area contributed by atoms with E-state index in [1.807, 2.05) is 0 Å². The first-order chi connectivity index (χ1) is 9.17. The Labute approximate surface area is 118 Å². The van der Waals surface area contributed by atoms with Gasteiger partial charge >= 0.3 is 11.9 Å². The molecule has 0 saturated carbocycles. The summed E-state index contributed by atoms with van der Waals surface area (Å²) in [6.07, 6.45) is 3.33. The molecule has 0 aliphatic heterocycles. The third-order valence-corrected chi connectivity index (χ3v) is 1.27. The molecular weight excluding hydrogens is 268 g/mol. The van der Waals surface area contributed by atoms with Gasteiger partial charge in [0.15, 0.2) is 0 Å². The van der Waals surface area contributed by atoms with Gasteiger partial charge in [-0.25, -0.2) is 9.59 Å². The van der Waals surface area contributed by atoms with E-state index >= 15 is 0 Å². The van der Waals surface area contributed by atoms with Gasteiger partial charge in [0.2, 0.25) is 0 Å². The first-order valence-corrected chi connectivity index (χ1v) is 5.72. The van der Waals surface area contributed by atoms with Crippen LogP contribution in [0.25, 0.3) is 0 Å². The van der Waals surface area contributed by atoms with Crippen LogP contribution in [0.3, 0.4) is 0 Å². The lowest BCUT2D eigenvalue weighted by Gasteiger charge is -1.85. The summed E-state index contributed by atoms with van der Waals surface area (Å²) in [5.41, 5.74) is 10.6. The van der Waals surface area contributed by atoms with Gasteiger partial charge in [-0.3, -0.25) is 0 Å². The molecule has 0 saturated heterocycles. The Hall–Kier alpha value is -2.06. The predicted molar refractivity (Wildman–Crippen MR) is 74.6 cm³/mol. The Kier molecular flexibility index (Phi) is 19.5. The maximum Gasteiger partial charge on any atom is 0.330 e. The number of hydrogen-bond donors (Lipinski definition) is 6. The number of carbonyl (C=O) groups is 2. The van der Waals surface area contributed by atoms with Crippen molar-refractivity contribution in [3.63, 3.8) is 0 Å². The average Bonchev–Trinajstić information content (AvgIpc) is 2.24. The Balaban J connectivity index is -0.000000218. The molecule has 0 radical (unpaired) electrons. The zero-order chi connectivity index (χ0) is 16.6. The van der Waals surface area contributed by atoms with Crippen LogP contribution in [0.1, 0.15) is 26.7 Å². The molecule has 0 unspecified atom stereocenters. The van der Waals surface area contributed by atoms with Crippen LogP contribution in [0.5, 0.6) is 0 Å². The number of nitrogens with two attached hydrogens (primary N) is 2. The Morgan fingerprint density at radius 2 is 1.10 bits per heavy atom. The van der Waals surface area contributed by atoms with Crippen LogP contribution in [0, 0.1) is 0 Å². The monoisotopic (exact) mass is 292 g/mol. The normalized spacial score (nSPS) is 10.6. The molecule has 0 rings (SSSR count). The Morgan fingerprint density at radius 3 is 1.15 bits per heavy atom. The van der Waals surface area contributed by atoms with Crippen molar-refractivity contribution in [1.82, 2.24) is 0 Å². The Morgan fingerprint density at radius 1 is 0.850 bits per heavy atom. The summed E-state index contributed by atoms with van der Waals surface area (Å²) in [5, 5.41) is 32.0. The maximum absolute atomic E-state index is 9.65. The van der Waals surface area contributed by atoms with Crippen molar-refractivity contribution < 1.29 is 30.0 Å². The molecule has 0 aromatic heterocycles. The molecular formula is C12H24N2O6. The van der Waals surface area contributed by atoms with Gasteiger partial charge in [0.25, 0.3) is 0 Å². The number of aliphatic hydroxyl groups is 2. The number of allylic oxidation sites excluding steroid dienone is 2. The smallest absolute Gasteiger partial charge is 0.330 e. The minimum absolute atomic E-state index is 0.195. The minimum Gasteiger partial charge on any atom is -0.478 e. The van der Waals surface area contributed by atoms with E-state index in [1.54, 1.807) is 0 Å². The van der Waals surface area contributed by atoms with E-state index < -0.39 is 11.9 Å². The number of aliphatic carboxylic acids is 2. The lowest BCUT2D eigenvalue weighted by Crippen LogP contribution is -1.96. The van der Waals surface area contributed by atoms with Crippen LogP contribution in [0.4, 0.5) is 0 Å². The molecule has 0 aliphatic carbocycles. The molecule has 8 heteroatoms. The fourth-order valence-corrected chi connectivity index (χ4v) is 0.613. The van der Waals surface area contributed by atoms with Gasteiger partial charge in [-0.05, 0) is 26.7 Å². The van der Waals surface area contributed by atoms with E-state index in [-0.39, 0.29) is 13.2 Å². The third-order valence-electron chi connectivity index (χ3n) is 1.27. The van der Waals surface area contributed by atoms with Crippen molar-refractivity contribution >= 4 is 11.9 Å². The van der Waals surface area contributed by atoms with Crippen molar-refractivity contribution in [2.45, 2.75) is 26.7 Å². The first-order valence-electron chi connectivity index (χ1n) is 5.72. The lowest BCUT2D eigenvalue weighted by molar-refractivity contribution is -0.132. The minimum atomic E-state index is -1.000. The van der Waals surface area contributed by atoms with Crippen LogP contribution in [0.2, 0.25) is 0 Å².